The highest BCUT2D eigenvalue weighted by atomic mass is 19.1. The number of para-hydroxylation sites is 1. The lowest BCUT2D eigenvalue weighted by atomic mass is 10.1. The molecule has 3 rings (SSSR count). The van der Waals surface area contributed by atoms with E-state index in [1.54, 1.807) is 6.07 Å². The molecule has 25 heavy (non-hydrogen) atoms. The number of nitrogens with zero attached hydrogens (tertiary/aromatic N) is 2. The van der Waals surface area contributed by atoms with Gasteiger partial charge in [0.15, 0.2) is 5.58 Å². The average molecular weight is 341 g/mol. The fourth-order valence-corrected chi connectivity index (χ4v) is 2.80. The molecule has 0 saturated carbocycles. The zero-order valence-electron chi connectivity index (χ0n) is 14.2. The molecule has 1 atom stereocenters. The molecule has 1 amide bonds. The van der Waals surface area contributed by atoms with Crippen molar-refractivity contribution in [1.29, 1.82) is 0 Å². The predicted octanol–water partition coefficient (Wildman–Crippen LogP) is 2.93. The van der Waals surface area contributed by atoms with Crippen molar-refractivity contribution < 1.29 is 13.7 Å². The van der Waals surface area contributed by atoms with E-state index < -0.39 is 0 Å². The Hall–Kier alpha value is -2.73. The third-order valence-electron chi connectivity index (χ3n) is 4.13. The average Bonchev–Trinajstić information content (AvgIpc) is 2.98. The molecule has 2 aromatic carbocycles. The summed E-state index contributed by atoms with van der Waals surface area (Å²) in [5.74, 6) is -0.438. The van der Waals surface area contributed by atoms with Crippen molar-refractivity contribution in [3.8, 4) is 0 Å². The molecule has 3 aromatic rings. The summed E-state index contributed by atoms with van der Waals surface area (Å²) in [7, 11) is 3.79. The molecular weight excluding hydrogens is 321 g/mol. The maximum Gasteiger partial charge on any atom is 0.226 e. The van der Waals surface area contributed by atoms with Crippen molar-refractivity contribution in [2.45, 2.75) is 12.5 Å². The lowest BCUT2D eigenvalue weighted by molar-refractivity contribution is -0.120. The van der Waals surface area contributed by atoms with Crippen LogP contribution in [0.5, 0.6) is 0 Å². The van der Waals surface area contributed by atoms with Gasteiger partial charge in [-0.05, 0) is 43.9 Å². The van der Waals surface area contributed by atoms with Crippen LogP contribution >= 0.6 is 0 Å². The number of likely N-dealkylation sites (N-methyl/N-ethyl adjacent to an activating group) is 1. The smallest absolute Gasteiger partial charge is 0.226 e. The van der Waals surface area contributed by atoms with Gasteiger partial charge in [0.05, 0.1) is 12.5 Å². The predicted molar refractivity (Wildman–Crippen MR) is 93.6 cm³/mol. The van der Waals surface area contributed by atoms with Crippen LogP contribution in [0.3, 0.4) is 0 Å². The van der Waals surface area contributed by atoms with Crippen molar-refractivity contribution in [3.63, 3.8) is 0 Å². The topological polar surface area (TPSA) is 58.4 Å². The number of rotatable bonds is 6. The van der Waals surface area contributed by atoms with Gasteiger partial charge in [-0.3, -0.25) is 4.79 Å². The number of carbonyl (C=O) groups is 1. The molecule has 0 aliphatic carbocycles. The number of hydrogen-bond donors (Lipinski definition) is 1. The van der Waals surface area contributed by atoms with Gasteiger partial charge < -0.3 is 14.7 Å². The lowest BCUT2D eigenvalue weighted by Crippen LogP contribution is -2.35. The highest BCUT2D eigenvalue weighted by Crippen LogP contribution is 2.20. The number of fused-ring (bicyclic) bond motifs is 1. The summed E-state index contributed by atoms with van der Waals surface area (Å²) < 4.78 is 18.7. The van der Waals surface area contributed by atoms with E-state index in [9.17, 15) is 9.18 Å². The van der Waals surface area contributed by atoms with E-state index in [1.807, 2.05) is 49.3 Å². The molecule has 0 bridgehead atoms. The summed E-state index contributed by atoms with van der Waals surface area (Å²) in [4.78, 5) is 14.2. The molecule has 1 heterocycles. The van der Waals surface area contributed by atoms with Crippen molar-refractivity contribution in [1.82, 2.24) is 15.4 Å². The van der Waals surface area contributed by atoms with Gasteiger partial charge in [0.25, 0.3) is 0 Å². The third kappa shape index (κ3) is 4.03. The van der Waals surface area contributed by atoms with Gasteiger partial charge in [-0.15, -0.1) is 0 Å². The molecule has 0 spiro atoms. The van der Waals surface area contributed by atoms with Gasteiger partial charge in [-0.1, -0.05) is 29.4 Å². The van der Waals surface area contributed by atoms with Crippen LogP contribution in [0, 0.1) is 5.82 Å². The van der Waals surface area contributed by atoms with Gasteiger partial charge in [0.2, 0.25) is 5.91 Å². The number of benzene rings is 2. The molecule has 0 saturated heterocycles. The Morgan fingerprint density at radius 1 is 1.24 bits per heavy atom. The summed E-state index contributed by atoms with van der Waals surface area (Å²) in [6.07, 6.45) is 0.139. The fourth-order valence-electron chi connectivity index (χ4n) is 2.80. The number of hydrogen-bond acceptors (Lipinski definition) is 4. The molecular formula is C19H20FN3O2. The highest BCUT2D eigenvalue weighted by Gasteiger charge is 2.17. The SMILES string of the molecule is CN(C)C(CNC(=O)Cc1noc2ccccc12)c1cccc(F)c1. The van der Waals surface area contributed by atoms with Crippen LogP contribution in [-0.4, -0.2) is 36.6 Å². The highest BCUT2D eigenvalue weighted by molar-refractivity contribution is 5.86. The van der Waals surface area contributed by atoms with Crippen molar-refractivity contribution in [2.24, 2.45) is 0 Å². The summed E-state index contributed by atoms with van der Waals surface area (Å²) in [5, 5.41) is 7.71. The van der Waals surface area contributed by atoms with E-state index in [0.717, 1.165) is 10.9 Å². The minimum atomic E-state index is -0.287. The number of aromatic nitrogens is 1. The van der Waals surface area contributed by atoms with Crippen molar-refractivity contribution in [2.75, 3.05) is 20.6 Å². The summed E-state index contributed by atoms with van der Waals surface area (Å²) in [6.45, 7) is 0.380. The number of carbonyl (C=O) groups excluding carboxylic acids is 1. The maximum atomic E-state index is 13.5. The fraction of sp³-hybridized carbons (Fsp3) is 0.263. The molecule has 1 aromatic heterocycles. The maximum absolute atomic E-state index is 13.5. The first-order valence-electron chi connectivity index (χ1n) is 8.06. The van der Waals surface area contributed by atoms with Crippen molar-refractivity contribution >= 4 is 16.9 Å². The molecule has 0 aliphatic heterocycles. The van der Waals surface area contributed by atoms with Gasteiger partial charge in [0.1, 0.15) is 11.5 Å². The zero-order valence-corrected chi connectivity index (χ0v) is 14.2. The first-order valence-corrected chi connectivity index (χ1v) is 8.06. The minimum absolute atomic E-state index is 0.117. The molecule has 1 N–H and O–H groups in total. The lowest BCUT2D eigenvalue weighted by Gasteiger charge is -2.25. The monoisotopic (exact) mass is 341 g/mol. The van der Waals surface area contributed by atoms with Crippen LogP contribution in [0.2, 0.25) is 0 Å². The van der Waals surface area contributed by atoms with Gasteiger partial charge in [0, 0.05) is 11.9 Å². The number of halogens is 1. The molecule has 0 aliphatic rings. The molecule has 1 unspecified atom stereocenters. The normalized spacial score (nSPS) is 12.5. The zero-order chi connectivity index (χ0) is 17.8. The van der Waals surface area contributed by atoms with Gasteiger partial charge in [-0.2, -0.15) is 0 Å². The van der Waals surface area contributed by atoms with Gasteiger partial charge in [-0.25, -0.2) is 4.39 Å². The van der Waals surface area contributed by atoms with Crippen LogP contribution in [-0.2, 0) is 11.2 Å². The van der Waals surface area contributed by atoms with Crippen molar-refractivity contribution in [3.05, 3.63) is 65.6 Å². The Labute approximate surface area is 145 Å². The quantitative estimate of drug-likeness (QED) is 0.749. The number of nitrogens with one attached hydrogen (secondary N) is 1. The minimum Gasteiger partial charge on any atom is -0.356 e. The second-order valence-corrected chi connectivity index (χ2v) is 6.14. The molecule has 6 heteroatoms. The Morgan fingerprint density at radius 3 is 2.80 bits per heavy atom. The van der Waals surface area contributed by atoms with Crippen LogP contribution in [0.25, 0.3) is 11.0 Å². The number of amides is 1. The van der Waals surface area contributed by atoms with Crippen LogP contribution in [0.1, 0.15) is 17.3 Å². The van der Waals surface area contributed by atoms with E-state index in [0.29, 0.717) is 17.8 Å². The second-order valence-electron chi connectivity index (χ2n) is 6.14. The Balaban J connectivity index is 1.66. The largest absolute Gasteiger partial charge is 0.356 e. The Morgan fingerprint density at radius 2 is 2.04 bits per heavy atom. The molecule has 5 nitrogen and oxygen atoms in total. The van der Waals surface area contributed by atoms with Gasteiger partial charge >= 0.3 is 0 Å². The van der Waals surface area contributed by atoms with E-state index in [1.165, 1.54) is 12.1 Å². The molecule has 0 fully saturated rings. The van der Waals surface area contributed by atoms with Crippen LogP contribution in [0.4, 0.5) is 4.39 Å². The summed E-state index contributed by atoms with van der Waals surface area (Å²) >= 11 is 0. The van der Waals surface area contributed by atoms with Crippen LogP contribution < -0.4 is 5.32 Å². The molecule has 0 radical (unpaired) electrons. The Kier molecular flexibility index (Phi) is 5.09. The second kappa shape index (κ2) is 7.44. The van der Waals surface area contributed by atoms with E-state index in [4.69, 9.17) is 4.52 Å². The van der Waals surface area contributed by atoms with E-state index in [-0.39, 0.29) is 24.2 Å². The van der Waals surface area contributed by atoms with E-state index >= 15 is 0 Å². The standard InChI is InChI=1S/C19H20FN3O2/c1-23(2)17(13-6-5-7-14(20)10-13)12-21-19(24)11-16-15-8-3-4-9-18(15)25-22-16/h3-10,17H,11-12H2,1-2H3,(H,21,24). The van der Waals surface area contributed by atoms with E-state index in [2.05, 4.69) is 10.5 Å². The van der Waals surface area contributed by atoms with Crippen LogP contribution in [0.15, 0.2) is 53.1 Å². The summed E-state index contributed by atoms with van der Waals surface area (Å²) in [5.41, 5.74) is 2.09. The first-order chi connectivity index (χ1) is 12.0. The third-order valence-corrected chi connectivity index (χ3v) is 4.13. The Bertz CT molecular complexity index is 876. The summed E-state index contributed by atoms with van der Waals surface area (Å²) in [6, 6.07) is 13.7. The molecule has 130 valence electrons. The first kappa shape index (κ1) is 17.1.